The molecule has 1 N–H and O–H groups in total. The van der Waals surface area contributed by atoms with Crippen LogP contribution in [0.25, 0.3) is 0 Å². The molecule has 3 rings (SSSR count). The molecule has 1 aliphatic heterocycles. The lowest BCUT2D eigenvalue weighted by Gasteiger charge is -2.27. The van der Waals surface area contributed by atoms with Crippen molar-refractivity contribution in [3.05, 3.63) is 53.1 Å². The van der Waals surface area contributed by atoms with Crippen LogP contribution in [0.2, 0.25) is 0 Å². The van der Waals surface area contributed by atoms with Crippen LogP contribution in [0, 0.1) is 6.92 Å². The van der Waals surface area contributed by atoms with E-state index in [1.165, 1.54) is 0 Å². The van der Waals surface area contributed by atoms with Crippen molar-refractivity contribution >= 4 is 5.91 Å². The summed E-state index contributed by atoms with van der Waals surface area (Å²) in [6.45, 7) is 2.61. The highest BCUT2D eigenvalue weighted by atomic mass is 16.5. The molecule has 0 aliphatic carbocycles. The largest absolute Gasteiger partial charge is 0.497 e. The fourth-order valence-corrected chi connectivity index (χ4v) is 2.84. The van der Waals surface area contributed by atoms with Gasteiger partial charge in [-0.3, -0.25) is 4.79 Å². The zero-order valence-electron chi connectivity index (χ0n) is 14.1. The third-order valence-electron chi connectivity index (χ3n) is 4.12. The van der Waals surface area contributed by atoms with E-state index in [1.54, 1.807) is 32.4 Å². The smallest absolute Gasteiger partial charge is 0.252 e. The predicted molar refractivity (Wildman–Crippen MR) is 91.0 cm³/mol. The Balaban J connectivity index is 1.85. The van der Waals surface area contributed by atoms with E-state index in [0.29, 0.717) is 23.7 Å². The summed E-state index contributed by atoms with van der Waals surface area (Å²) in [6, 6.07) is 11.1. The van der Waals surface area contributed by atoms with Crippen LogP contribution in [0.1, 0.15) is 33.9 Å². The second-order valence-corrected chi connectivity index (χ2v) is 5.81. The summed E-state index contributed by atoms with van der Waals surface area (Å²) in [5.41, 5.74) is 2.66. The normalized spacial score (nSPS) is 15.9. The molecule has 5 nitrogen and oxygen atoms in total. The molecule has 0 spiro atoms. The molecule has 1 heterocycles. The van der Waals surface area contributed by atoms with Crippen LogP contribution < -0.4 is 19.5 Å². The van der Waals surface area contributed by atoms with Crippen LogP contribution in [0.5, 0.6) is 17.2 Å². The number of hydrogen-bond acceptors (Lipinski definition) is 4. The molecule has 0 saturated heterocycles. The van der Waals surface area contributed by atoms with Gasteiger partial charge in [0.05, 0.1) is 26.9 Å². The molecule has 1 amide bonds. The Hall–Kier alpha value is -2.69. The van der Waals surface area contributed by atoms with Crippen molar-refractivity contribution in [3.8, 4) is 17.2 Å². The summed E-state index contributed by atoms with van der Waals surface area (Å²) in [4.78, 5) is 12.7. The minimum absolute atomic E-state index is 0.0710. The first-order valence-electron chi connectivity index (χ1n) is 7.88. The van der Waals surface area contributed by atoms with E-state index >= 15 is 0 Å². The maximum absolute atomic E-state index is 12.7. The summed E-state index contributed by atoms with van der Waals surface area (Å²) in [5.74, 6) is 1.84. The molecule has 2 aromatic rings. The number of aryl methyl sites for hydroxylation is 1. The van der Waals surface area contributed by atoms with E-state index in [-0.39, 0.29) is 11.9 Å². The second-order valence-electron chi connectivity index (χ2n) is 5.81. The average molecular weight is 327 g/mol. The highest BCUT2D eigenvalue weighted by Crippen LogP contribution is 2.33. The molecular weight excluding hydrogens is 306 g/mol. The molecule has 126 valence electrons. The van der Waals surface area contributed by atoms with Gasteiger partial charge in [0.15, 0.2) is 0 Å². The average Bonchev–Trinajstić information content (AvgIpc) is 2.61. The third-order valence-corrected chi connectivity index (χ3v) is 4.12. The quantitative estimate of drug-likeness (QED) is 0.936. The Kier molecular flexibility index (Phi) is 4.60. The number of carbonyl (C=O) groups excluding carboxylic acids is 1. The monoisotopic (exact) mass is 327 g/mol. The lowest BCUT2D eigenvalue weighted by molar-refractivity contribution is 0.0924. The first-order chi connectivity index (χ1) is 11.6. The van der Waals surface area contributed by atoms with Crippen LogP contribution in [0.3, 0.4) is 0 Å². The van der Waals surface area contributed by atoms with Gasteiger partial charge in [0.1, 0.15) is 17.2 Å². The van der Waals surface area contributed by atoms with E-state index in [1.807, 2.05) is 19.1 Å². The summed E-state index contributed by atoms with van der Waals surface area (Å²) >= 11 is 0. The lowest BCUT2D eigenvalue weighted by Crippen LogP contribution is -2.32. The van der Waals surface area contributed by atoms with Crippen molar-refractivity contribution in [2.24, 2.45) is 0 Å². The van der Waals surface area contributed by atoms with Crippen LogP contribution in [0.4, 0.5) is 0 Å². The molecule has 0 aromatic heterocycles. The molecule has 1 atom stereocenters. The first kappa shape index (κ1) is 16.2. The van der Waals surface area contributed by atoms with Crippen molar-refractivity contribution in [1.29, 1.82) is 0 Å². The van der Waals surface area contributed by atoms with Crippen LogP contribution >= 0.6 is 0 Å². The van der Waals surface area contributed by atoms with Crippen molar-refractivity contribution in [2.45, 2.75) is 19.4 Å². The van der Waals surface area contributed by atoms with E-state index in [4.69, 9.17) is 14.2 Å². The van der Waals surface area contributed by atoms with Crippen LogP contribution in [-0.4, -0.2) is 26.7 Å². The number of rotatable bonds is 4. The second kappa shape index (κ2) is 6.83. The number of nitrogens with one attached hydrogen (secondary N) is 1. The topological polar surface area (TPSA) is 56.8 Å². The van der Waals surface area contributed by atoms with Gasteiger partial charge in [0.2, 0.25) is 0 Å². The summed E-state index contributed by atoms with van der Waals surface area (Å²) in [5, 5.41) is 3.09. The fraction of sp³-hybridized carbons (Fsp3) is 0.316. The van der Waals surface area contributed by atoms with Crippen molar-refractivity contribution < 1.29 is 19.0 Å². The molecule has 0 fully saturated rings. The first-order valence-corrected chi connectivity index (χ1v) is 7.88. The molecule has 0 saturated carbocycles. The number of hydrogen-bond donors (Lipinski definition) is 1. The summed E-state index contributed by atoms with van der Waals surface area (Å²) in [6.07, 6.45) is 0.739. The number of amides is 1. The van der Waals surface area contributed by atoms with Crippen molar-refractivity contribution in [3.63, 3.8) is 0 Å². The molecule has 2 aromatic carbocycles. The van der Waals surface area contributed by atoms with Gasteiger partial charge >= 0.3 is 0 Å². The van der Waals surface area contributed by atoms with Gasteiger partial charge in [0.25, 0.3) is 5.91 Å². The van der Waals surface area contributed by atoms with Gasteiger partial charge in [-0.15, -0.1) is 0 Å². The van der Waals surface area contributed by atoms with Gasteiger partial charge in [-0.05, 0) is 25.1 Å². The van der Waals surface area contributed by atoms with E-state index in [0.717, 1.165) is 23.3 Å². The Morgan fingerprint density at radius 3 is 2.50 bits per heavy atom. The minimum atomic E-state index is -0.161. The Labute approximate surface area is 141 Å². The third kappa shape index (κ3) is 3.30. The molecule has 1 aliphatic rings. The fourth-order valence-electron chi connectivity index (χ4n) is 2.84. The predicted octanol–water partition coefficient (Wildman–Crippen LogP) is 3.27. The van der Waals surface area contributed by atoms with E-state index in [2.05, 4.69) is 11.4 Å². The van der Waals surface area contributed by atoms with E-state index < -0.39 is 0 Å². The molecule has 5 heteroatoms. The lowest BCUT2D eigenvalue weighted by atomic mass is 9.98. The summed E-state index contributed by atoms with van der Waals surface area (Å²) < 4.78 is 16.1. The van der Waals surface area contributed by atoms with Gasteiger partial charge in [-0.25, -0.2) is 0 Å². The highest BCUT2D eigenvalue weighted by Gasteiger charge is 2.24. The highest BCUT2D eigenvalue weighted by molar-refractivity contribution is 5.95. The van der Waals surface area contributed by atoms with E-state index in [9.17, 15) is 4.79 Å². The maximum atomic E-state index is 12.7. The van der Waals surface area contributed by atoms with Gasteiger partial charge in [-0.1, -0.05) is 17.7 Å². The standard InChI is InChI=1S/C19H21NO4/c1-12-4-5-18-16(8-12)17(6-7-24-18)20-19(21)13-9-14(22-2)11-15(10-13)23-3/h4-5,8-11,17H,6-7H2,1-3H3,(H,20,21). The van der Waals surface area contributed by atoms with Crippen molar-refractivity contribution in [2.75, 3.05) is 20.8 Å². The molecule has 1 unspecified atom stereocenters. The van der Waals surface area contributed by atoms with Gasteiger partial charge < -0.3 is 19.5 Å². The molecular formula is C19H21NO4. The van der Waals surface area contributed by atoms with Crippen molar-refractivity contribution in [1.82, 2.24) is 5.32 Å². The Morgan fingerprint density at radius 1 is 1.12 bits per heavy atom. The van der Waals surface area contributed by atoms with Gasteiger partial charge in [0, 0.05) is 23.6 Å². The number of fused-ring (bicyclic) bond motifs is 1. The molecule has 0 bridgehead atoms. The zero-order chi connectivity index (χ0) is 17.1. The number of benzene rings is 2. The Bertz CT molecular complexity index is 735. The molecule has 24 heavy (non-hydrogen) atoms. The minimum Gasteiger partial charge on any atom is -0.497 e. The maximum Gasteiger partial charge on any atom is 0.252 e. The van der Waals surface area contributed by atoms with Gasteiger partial charge in [-0.2, -0.15) is 0 Å². The van der Waals surface area contributed by atoms with Crippen LogP contribution in [0.15, 0.2) is 36.4 Å². The Morgan fingerprint density at radius 2 is 1.83 bits per heavy atom. The zero-order valence-corrected chi connectivity index (χ0v) is 14.1. The SMILES string of the molecule is COc1cc(OC)cc(C(=O)NC2CCOc3ccc(C)cc32)c1. The molecule has 0 radical (unpaired) electrons. The number of methoxy groups -OCH3 is 2. The summed E-state index contributed by atoms with van der Waals surface area (Å²) in [7, 11) is 3.13. The number of ether oxygens (including phenoxy) is 3. The van der Waals surface area contributed by atoms with Crippen LogP contribution in [-0.2, 0) is 0 Å². The number of carbonyl (C=O) groups is 1.